The number of para-hydroxylation sites is 1. The van der Waals surface area contributed by atoms with Crippen LogP contribution in [0.5, 0.6) is 0 Å². The summed E-state index contributed by atoms with van der Waals surface area (Å²) >= 11 is 0. The van der Waals surface area contributed by atoms with Crippen LogP contribution < -0.4 is 10.6 Å². The van der Waals surface area contributed by atoms with Gasteiger partial charge in [0.15, 0.2) is 5.69 Å². The van der Waals surface area contributed by atoms with Gasteiger partial charge in [0.25, 0.3) is 5.91 Å². The van der Waals surface area contributed by atoms with Gasteiger partial charge < -0.3 is 10.6 Å². The average molecular weight is 376 g/mol. The van der Waals surface area contributed by atoms with Gasteiger partial charge in [0, 0.05) is 17.7 Å². The van der Waals surface area contributed by atoms with Gasteiger partial charge >= 0.3 is 0 Å². The van der Waals surface area contributed by atoms with Gasteiger partial charge in [-0.05, 0) is 49.2 Å². The molecule has 6 nitrogen and oxygen atoms in total. The maximum atomic E-state index is 12.8. The number of nitrogens with one attached hydrogen (secondary N) is 2. The number of aromatic nitrogens is 2. The lowest BCUT2D eigenvalue weighted by Crippen LogP contribution is -2.19. The second-order valence-corrected chi connectivity index (χ2v) is 7.14. The van der Waals surface area contributed by atoms with Crippen molar-refractivity contribution in [3.63, 3.8) is 0 Å². The number of carbonyl (C=O) groups excluding carboxylic acids is 2. The molecule has 0 aliphatic heterocycles. The summed E-state index contributed by atoms with van der Waals surface area (Å²) in [4.78, 5) is 24.9. The van der Waals surface area contributed by atoms with Crippen LogP contribution in [0.1, 0.15) is 35.5 Å². The molecule has 28 heavy (non-hydrogen) atoms. The number of nitrogens with zero attached hydrogens (tertiary/aromatic N) is 2. The molecule has 0 saturated heterocycles. The molecule has 2 aromatic carbocycles. The summed E-state index contributed by atoms with van der Waals surface area (Å²) < 4.78 is 1.57. The van der Waals surface area contributed by atoms with Crippen molar-refractivity contribution in [2.45, 2.75) is 27.7 Å². The predicted octanol–water partition coefficient (Wildman–Crippen LogP) is 4.34. The Kier molecular flexibility index (Phi) is 5.59. The molecule has 0 fully saturated rings. The third-order valence-electron chi connectivity index (χ3n) is 4.20. The van der Waals surface area contributed by atoms with E-state index >= 15 is 0 Å². The quantitative estimate of drug-likeness (QED) is 0.696. The molecular formula is C22H24N4O2. The highest BCUT2D eigenvalue weighted by atomic mass is 16.2. The van der Waals surface area contributed by atoms with E-state index in [1.165, 1.54) is 0 Å². The number of amides is 2. The molecule has 0 aliphatic carbocycles. The summed E-state index contributed by atoms with van der Waals surface area (Å²) in [7, 11) is 0. The lowest BCUT2D eigenvalue weighted by Gasteiger charge is -2.10. The lowest BCUT2D eigenvalue weighted by molar-refractivity contribution is -0.118. The molecule has 0 bridgehead atoms. The smallest absolute Gasteiger partial charge is 0.276 e. The fourth-order valence-electron chi connectivity index (χ4n) is 2.86. The molecule has 1 aromatic heterocycles. The molecular weight excluding hydrogens is 352 g/mol. The van der Waals surface area contributed by atoms with Crippen LogP contribution in [0.25, 0.3) is 5.69 Å². The van der Waals surface area contributed by atoms with Crippen LogP contribution in [-0.2, 0) is 4.79 Å². The molecule has 6 heteroatoms. The molecule has 3 rings (SSSR count). The Balaban J connectivity index is 1.93. The molecule has 1 heterocycles. The summed E-state index contributed by atoms with van der Waals surface area (Å²) in [6.45, 7) is 7.58. The van der Waals surface area contributed by atoms with Crippen molar-refractivity contribution in [3.05, 3.63) is 71.4 Å². The summed E-state index contributed by atoms with van der Waals surface area (Å²) in [6.07, 6.45) is 0. The first-order valence-corrected chi connectivity index (χ1v) is 9.19. The molecule has 0 atom stereocenters. The minimum absolute atomic E-state index is 0.140. The van der Waals surface area contributed by atoms with Gasteiger partial charge in [0.1, 0.15) is 5.82 Å². The second kappa shape index (κ2) is 8.08. The maximum absolute atomic E-state index is 12.8. The monoisotopic (exact) mass is 376 g/mol. The molecule has 0 unspecified atom stereocenters. The zero-order valence-corrected chi connectivity index (χ0v) is 16.5. The Morgan fingerprint density at radius 2 is 1.57 bits per heavy atom. The SMILES string of the molecule is Cc1cc(C)cc(NC(=O)c2cc(NC(=O)C(C)C)n(-c3ccccc3)n2)c1. The first-order chi connectivity index (χ1) is 13.3. The van der Waals surface area contributed by atoms with Gasteiger partial charge in [-0.2, -0.15) is 5.10 Å². The normalized spacial score (nSPS) is 10.8. The summed E-state index contributed by atoms with van der Waals surface area (Å²) in [5, 5.41) is 10.2. The zero-order valence-electron chi connectivity index (χ0n) is 16.5. The van der Waals surface area contributed by atoms with E-state index < -0.39 is 0 Å². The third-order valence-corrected chi connectivity index (χ3v) is 4.20. The molecule has 0 radical (unpaired) electrons. The number of rotatable bonds is 5. The van der Waals surface area contributed by atoms with Crippen molar-refractivity contribution in [1.82, 2.24) is 9.78 Å². The zero-order chi connectivity index (χ0) is 20.3. The highest BCUT2D eigenvalue weighted by molar-refractivity contribution is 6.04. The number of aryl methyl sites for hydroxylation is 2. The van der Waals surface area contributed by atoms with Crippen molar-refractivity contribution in [3.8, 4) is 5.69 Å². The Morgan fingerprint density at radius 3 is 2.18 bits per heavy atom. The Labute approximate surface area is 164 Å². The van der Waals surface area contributed by atoms with E-state index in [-0.39, 0.29) is 23.4 Å². The van der Waals surface area contributed by atoms with E-state index in [9.17, 15) is 9.59 Å². The fourth-order valence-corrected chi connectivity index (χ4v) is 2.86. The van der Waals surface area contributed by atoms with Gasteiger partial charge in [0.2, 0.25) is 5.91 Å². The Morgan fingerprint density at radius 1 is 0.929 bits per heavy atom. The van der Waals surface area contributed by atoms with Gasteiger partial charge in [-0.15, -0.1) is 0 Å². The van der Waals surface area contributed by atoms with Crippen molar-refractivity contribution in [1.29, 1.82) is 0 Å². The van der Waals surface area contributed by atoms with Crippen LogP contribution in [0.4, 0.5) is 11.5 Å². The first kappa shape index (κ1) is 19.4. The van der Waals surface area contributed by atoms with Gasteiger partial charge in [-0.25, -0.2) is 4.68 Å². The highest BCUT2D eigenvalue weighted by Gasteiger charge is 2.18. The minimum Gasteiger partial charge on any atom is -0.321 e. The number of hydrogen-bond acceptors (Lipinski definition) is 3. The third kappa shape index (κ3) is 4.46. The number of carbonyl (C=O) groups is 2. The van der Waals surface area contributed by atoms with Gasteiger partial charge in [0.05, 0.1) is 5.69 Å². The average Bonchev–Trinajstić information content (AvgIpc) is 3.05. The topological polar surface area (TPSA) is 76.0 Å². The fraction of sp³-hybridized carbons (Fsp3) is 0.227. The minimum atomic E-state index is -0.334. The predicted molar refractivity (Wildman–Crippen MR) is 111 cm³/mol. The second-order valence-electron chi connectivity index (χ2n) is 7.14. The van der Waals surface area contributed by atoms with Crippen molar-refractivity contribution in [2.24, 2.45) is 5.92 Å². The first-order valence-electron chi connectivity index (χ1n) is 9.19. The van der Waals surface area contributed by atoms with Crippen LogP contribution in [0.3, 0.4) is 0 Å². The molecule has 0 spiro atoms. The van der Waals surface area contributed by atoms with E-state index in [4.69, 9.17) is 0 Å². The van der Waals surface area contributed by atoms with E-state index in [0.717, 1.165) is 16.8 Å². The van der Waals surface area contributed by atoms with E-state index in [1.807, 2.05) is 76.2 Å². The standard InChI is InChI=1S/C22H24N4O2/c1-14(2)21(27)24-20-13-19(25-26(20)18-8-6-5-7-9-18)22(28)23-17-11-15(3)10-16(4)12-17/h5-14H,1-4H3,(H,23,28)(H,24,27). The summed E-state index contributed by atoms with van der Waals surface area (Å²) in [6, 6.07) is 16.8. The molecule has 0 aliphatic rings. The molecule has 2 N–H and O–H groups in total. The number of hydrogen-bond donors (Lipinski definition) is 2. The molecule has 0 saturated carbocycles. The van der Waals surface area contributed by atoms with E-state index in [0.29, 0.717) is 11.5 Å². The Bertz CT molecular complexity index is 986. The van der Waals surface area contributed by atoms with Crippen LogP contribution in [0, 0.1) is 19.8 Å². The largest absolute Gasteiger partial charge is 0.321 e. The van der Waals surface area contributed by atoms with Gasteiger partial charge in [-0.1, -0.05) is 38.1 Å². The summed E-state index contributed by atoms with van der Waals surface area (Å²) in [5.41, 5.74) is 3.82. The highest BCUT2D eigenvalue weighted by Crippen LogP contribution is 2.20. The van der Waals surface area contributed by atoms with Crippen LogP contribution in [0.15, 0.2) is 54.6 Å². The van der Waals surface area contributed by atoms with Gasteiger partial charge in [-0.3, -0.25) is 9.59 Å². The molecule has 3 aromatic rings. The molecule has 144 valence electrons. The lowest BCUT2D eigenvalue weighted by atomic mass is 10.1. The van der Waals surface area contributed by atoms with Crippen LogP contribution in [0.2, 0.25) is 0 Å². The van der Waals surface area contributed by atoms with Crippen LogP contribution in [-0.4, -0.2) is 21.6 Å². The number of anilines is 2. The summed E-state index contributed by atoms with van der Waals surface area (Å²) in [5.74, 6) is -0.208. The van der Waals surface area contributed by atoms with Crippen molar-refractivity contribution in [2.75, 3.05) is 10.6 Å². The van der Waals surface area contributed by atoms with Crippen LogP contribution >= 0.6 is 0 Å². The number of benzene rings is 2. The maximum Gasteiger partial charge on any atom is 0.276 e. The Hall–Kier alpha value is -3.41. The van der Waals surface area contributed by atoms with Crippen molar-refractivity contribution >= 4 is 23.3 Å². The van der Waals surface area contributed by atoms with E-state index in [2.05, 4.69) is 15.7 Å². The van der Waals surface area contributed by atoms with Crippen molar-refractivity contribution < 1.29 is 9.59 Å². The molecule has 2 amide bonds. The van der Waals surface area contributed by atoms with E-state index in [1.54, 1.807) is 10.7 Å².